The van der Waals surface area contributed by atoms with Crippen molar-refractivity contribution >= 4 is 23.2 Å². The van der Waals surface area contributed by atoms with E-state index in [-0.39, 0.29) is 11.7 Å². The fourth-order valence-electron chi connectivity index (χ4n) is 2.21. The third kappa shape index (κ3) is 3.95. The first kappa shape index (κ1) is 15.3. The van der Waals surface area contributed by atoms with Crippen molar-refractivity contribution in [3.05, 3.63) is 69.5 Å². The molecule has 0 aromatic heterocycles. The van der Waals surface area contributed by atoms with Gasteiger partial charge in [-0.1, -0.05) is 47.5 Å². The standard InChI is InChI=1S/C16H16Cl2FN/c17-14-6-5-13(16(19)9-14)8-11(10-20)7-12-3-1-2-4-15(12)18/h1-6,9,11H,7-8,10,20H2. The smallest absolute Gasteiger partial charge is 0.127 e. The lowest BCUT2D eigenvalue weighted by molar-refractivity contribution is 0.512. The van der Waals surface area contributed by atoms with Crippen molar-refractivity contribution in [2.75, 3.05) is 6.54 Å². The molecule has 2 N–H and O–H groups in total. The highest BCUT2D eigenvalue weighted by Gasteiger charge is 2.13. The van der Waals surface area contributed by atoms with E-state index in [1.165, 1.54) is 6.07 Å². The Morgan fingerprint density at radius 2 is 1.70 bits per heavy atom. The Morgan fingerprint density at radius 3 is 2.35 bits per heavy atom. The van der Waals surface area contributed by atoms with E-state index in [0.717, 1.165) is 17.0 Å². The van der Waals surface area contributed by atoms with E-state index in [1.807, 2.05) is 24.3 Å². The van der Waals surface area contributed by atoms with Crippen molar-refractivity contribution in [2.24, 2.45) is 11.7 Å². The molecule has 0 aliphatic carbocycles. The van der Waals surface area contributed by atoms with Gasteiger partial charge in [0.15, 0.2) is 0 Å². The normalized spacial score (nSPS) is 12.4. The summed E-state index contributed by atoms with van der Waals surface area (Å²) in [7, 11) is 0. The topological polar surface area (TPSA) is 26.0 Å². The van der Waals surface area contributed by atoms with Crippen molar-refractivity contribution in [1.82, 2.24) is 0 Å². The van der Waals surface area contributed by atoms with Gasteiger partial charge in [0.05, 0.1) is 0 Å². The molecule has 1 nitrogen and oxygen atoms in total. The molecule has 0 radical (unpaired) electrons. The van der Waals surface area contributed by atoms with Gasteiger partial charge in [-0.05, 0) is 54.6 Å². The zero-order valence-electron chi connectivity index (χ0n) is 11.0. The van der Waals surface area contributed by atoms with Gasteiger partial charge < -0.3 is 5.73 Å². The molecule has 2 aromatic rings. The highest BCUT2D eigenvalue weighted by molar-refractivity contribution is 6.31. The molecule has 0 heterocycles. The number of hydrogen-bond acceptors (Lipinski definition) is 1. The van der Waals surface area contributed by atoms with E-state index in [4.69, 9.17) is 28.9 Å². The molecular formula is C16H16Cl2FN. The monoisotopic (exact) mass is 311 g/mol. The van der Waals surface area contributed by atoms with Crippen LogP contribution < -0.4 is 5.73 Å². The summed E-state index contributed by atoms with van der Waals surface area (Å²) in [6.45, 7) is 0.479. The fraction of sp³-hybridized carbons (Fsp3) is 0.250. The number of rotatable bonds is 5. The van der Waals surface area contributed by atoms with Crippen LogP contribution in [0.25, 0.3) is 0 Å². The average molecular weight is 312 g/mol. The van der Waals surface area contributed by atoms with Gasteiger partial charge in [0.2, 0.25) is 0 Å². The van der Waals surface area contributed by atoms with Gasteiger partial charge in [-0.2, -0.15) is 0 Å². The van der Waals surface area contributed by atoms with Crippen LogP contribution in [0.3, 0.4) is 0 Å². The molecule has 0 fully saturated rings. The Hall–Kier alpha value is -1.09. The van der Waals surface area contributed by atoms with Crippen molar-refractivity contribution < 1.29 is 4.39 Å². The molecule has 1 atom stereocenters. The molecule has 20 heavy (non-hydrogen) atoms. The minimum Gasteiger partial charge on any atom is -0.330 e. The molecule has 0 spiro atoms. The highest BCUT2D eigenvalue weighted by atomic mass is 35.5. The van der Waals surface area contributed by atoms with Crippen LogP contribution in [0.2, 0.25) is 10.0 Å². The van der Waals surface area contributed by atoms with E-state index in [2.05, 4.69) is 0 Å². The molecule has 106 valence electrons. The molecule has 0 amide bonds. The third-order valence-corrected chi connectivity index (χ3v) is 3.93. The van der Waals surface area contributed by atoms with Gasteiger partial charge in [0.1, 0.15) is 5.82 Å². The largest absolute Gasteiger partial charge is 0.330 e. The third-order valence-electron chi connectivity index (χ3n) is 3.32. The fourth-order valence-corrected chi connectivity index (χ4v) is 2.58. The summed E-state index contributed by atoms with van der Waals surface area (Å²) in [5.74, 6) is -0.138. The van der Waals surface area contributed by atoms with Gasteiger partial charge in [-0.15, -0.1) is 0 Å². The molecule has 0 aliphatic rings. The Morgan fingerprint density at radius 1 is 1.00 bits per heavy atom. The van der Waals surface area contributed by atoms with Gasteiger partial charge in [0, 0.05) is 10.0 Å². The van der Waals surface area contributed by atoms with Crippen LogP contribution in [0, 0.1) is 11.7 Å². The molecule has 0 aliphatic heterocycles. The summed E-state index contributed by atoms with van der Waals surface area (Å²) in [5, 5.41) is 1.13. The first-order valence-electron chi connectivity index (χ1n) is 6.47. The van der Waals surface area contributed by atoms with Crippen molar-refractivity contribution in [1.29, 1.82) is 0 Å². The molecule has 0 saturated heterocycles. The molecule has 2 rings (SSSR count). The van der Waals surface area contributed by atoms with Gasteiger partial charge in [-0.3, -0.25) is 0 Å². The summed E-state index contributed by atoms with van der Waals surface area (Å²) < 4.78 is 13.8. The molecule has 0 saturated carbocycles. The van der Waals surface area contributed by atoms with Gasteiger partial charge >= 0.3 is 0 Å². The second-order valence-corrected chi connectivity index (χ2v) is 5.68. The SMILES string of the molecule is NCC(Cc1ccc(Cl)cc1F)Cc1ccccc1Cl. The molecule has 4 heteroatoms. The zero-order chi connectivity index (χ0) is 14.5. The van der Waals surface area contributed by atoms with Gasteiger partial charge in [0.25, 0.3) is 0 Å². The maximum atomic E-state index is 13.8. The average Bonchev–Trinajstić information content (AvgIpc) is 2.43. The van der Waals surface area contributed by atoms with Crippen LogP contribution >= 0.6 is 23.2 Å². The van der Waals surface area contributed by atoms with Crippen LogP contribution in [-0.2, 0) is 12.8 Å². The highest BCUT2D eigenvalue weighted by Crippen LogP contribution is 2.22. The van der Waals surface area contributed by atoms with E-state index in [0.29, 0.717) is 23.6 Å². The maximum absolute atomic E-state index is 13.8. The lowest BCUT2D eigenvalue weighted by Crippen LogP contribution is -2.20. The maximum Gasteiger partial charge on any atom is 0.127 e. The van der Waals surface area contributed by atoms with Crippen molar-refractivity contribution in [3.8, 4) is 0 Å². The van der Waals surface area contributed by atoms with Crippen molar-refractivity contribution in [3.63, 3.8) is 0 Å². The first-order valence-corrected chi connectivity index (χ1v) is 7.23. The first-order chi connectivity index (χ1) is 9.60. The number of halogens is 3. The van der Waals surface area contributed by atoms with Crippen LogP contribution in [0.5, 0.6) is 0 Å². The van der Waals surface area contributed by atoms with Gasteiger partial charge in [-0.25, -0.2) is 4.39 Å². The van der Waals surface area contributed by atoms with E-state index in [1.54, 1.807) is 12.1 Å². The van der Waals surface area contributed by atoms with Crippen LogP contribution in [0.4, 0.5) is 4.39 Å². The predicted octanol–water partition coefficient (Wildman–Crippen LogP) is 4.49. The van der Waals surface area contributed by atoms with Crippen LogP contribution in [-0.4, -0.2) is 6.54 Å². The minimum atomic E-state index is -0.282. The Kier molecular flexibility index (Phi) is 5.41. The summed E-state index contributed by atoms with van der Waals surface area (Å²) in [6, 6.07) is 12.4. The summed E-state index contributed by atoms with van der Waals surface area (Å²) in [5.41, 5.74) is 7.48. The second kappa shape index (κ2) is 7.07. The van der Waals surface area contributed by atoms with Crippen molar-refractivity contribution in [2.45, 2.75) is 12.8 Å². The number of nitrogens with two attached hydrogens (primary N) is 1. The lowest BCUT2D eigenvalue weighted by atomic mass is 9.92. The summed E-state index contributed by atoms with van der Waals surface area (Å²) >= 11 is 11.9. The molecule has 1 unspecified atom stereocenters. The summed E-state index contributed by atoms with van der Waals surface area (Å²) in [6.07, 6.45) is 1.31. The second-order valence-electron chi connectivity index (χ2n) is 4.84. The van der Waals surface area contributed by atoms with E-state index in [9.17, 15) is 4.39 Å². The number of benzene rings is 2. The summed E-state index contributed by atoms with van der Waals surface area (Å²) in [4.78, 5) is 0. The minimum absolute atomic E-state index is 0.144. The quantitative estimate of drug-likeness (QED) is 0.865. The van der Waals surface area contributed by atoms with Crippen LogP contribution in [0.15, 0.2) is 42.5 Å². The lowest BCUT2D eigenvalue weighted by Gasteiger charge is -2.16. The predicted molar refractivity (Wildman–Crippen MR) is 82.8 cm³/mol. The Bertz CT molecular complexity index is 586. The molecule has 0 bridgehead atoms. The van der Waals surface area contributed by atoms with E-state index >= 15 is 0 Å². The molecule has 2 aromatic carbocycles. The molecular weight excluding hydrogens is 296 g/mol. The van der Waals surface area contributed by atoms with Crippen LogP contribution in [0.1, 0.15) is 11.1 Å². The Balaban J connectivity index is 2.11. The number of hydrogen-bond donors (Lipinski definition) is 1. The van der Waals surface area contributed by atoms with E-state index < -0.39 is 0 Å². The Labute approximate surface area is 128 Å². The zero-order valence-corrected chi connectivity index (χ0v) is 12.5.